The minimum absolute atomic E-state index is 0.0333. The Morgan fingerprint density at radius 1 is 1.50 bits per heavy atom. The molecule has 1 aliphatic rings. The van der Waals surface area contributed by atoms with Crippen molar-refractivity contribution < 1.29 is 9.59 Å². The molecule has 92 valence electrons. The van der Waals surface area contributed by atoms with E-state index < -0.39 is 5.25 Å². The normalized spacial score (nSPS) is 17.3. The Morgan fingerprint density at radius 2 is 2.28 bits per heavy atom. The summed E-state index contributed by atoms with van der Waals surface area (Å²) in [7, 11) is 0. The van der Waals surface area contributed by atoms with Gasteiger partial charge in [-0.2, -0.15) is 5.26 Å². The number of para-hydroxylation sites is 1. The number of rotatable bonds is 3. The van der Waals surface area contributed by atoms with Crippen LogP contribution in [0.15, 0.2) is 29.2 Å². The number of nitrogens with zero attached hydrogens (tertiary/aromatic N) is 1. The van der Waals surface area contributed by atoms with Gasteiger partial charge >= 0.3 is 0 Å². The Morgan fingerprint density at radius 3 is 3.06 bits per heavy atom. The van der Waals surface area contributed by atoms with Crippen LogP contribution in [-0.2, 0) is 9.59 Å². The minimum atomic E-state index is -0.446. The molecule has 1 aromatic rings. The molecule has 0 saturated heterocycles. The number of benzene rings is 1. The molecular formula is C12H11N3O2S. The predicted molar refractivity (Wildman–Crippen MR) is 68.0 cm³/mol. The van der Waals surface area contributed by atoms with Crippen molar-refractivity contribution in [1.82, 2.24) is 5.32 Å². The van der Waals surface area contributed by atoms with E-state index in [2.05, 4.69) is 10.6 Å². The van der Waals surface area contributed by atoms with E-state index in [-0.39, 0.29) is 24.8 Å². The van der Waals surface area contributed by atoms with Crippen LogP contribution in [0, 0.1) is 11.3 Å². The van der Waals surface area contributed by atoms with E-state index in [1.165, 1.54) is 11.8 Å². The first-order chi connectivity index (χ1) is 8.70. The zero-order valence-corrected chi connectivity index (χ0v) is 10.3. The van der Waals surface area contributed by atoms with Crippen LogP contribution in [0.25, 0.3) is 0 Å². The molecule has 2 rings (SSSR count). The second-order valence-corrected chi connectivity index (χ2v) is 4.98. The standard InChI is InChI=1S/C12H11N3O2S/c13-5-6-14-11(16)7-10-12(17)15-8-3-1-2-4-9(8)18-10/h1-4,10H,6-7H2,(H,14,16)(H,15,17)/t10-/m1/s1. The van der Waals surface area contributed by atoms with Crippen molar-refractivity contribution in [3.05, 3.63) is 24.3 Å². The van der Waals surface area contributed by atoms with E-state index in [1.54, 1.807) is 0 Å². The average molecular weight is 261 g/mol. The summed E-state index contributed by atoms with van der Waals surface area (Å²) >= 11 is 1.37. The van der Waals surface area contributed by atoms with Crippen LogP contribution in [0.2, 0.25) is 0 Å². The highest BCUT2D eigenvalue weighted by Crippen LogP contribution is 2.36. The number of carbonyl (C=O) groups is 2. The zero-order valence-electron chi connectivity index (χ0n) is 9.47. The molecule has 1 atom stereocenters. The number of anilines is 1. The molecule has 0 aromatic heterocycles. The SMILES string of the molecule is N#CCNC(=O)C[C@H]1Sc2ccccc2NC1=O. The lowest BCUT2D eigenvalue weighted by atomic mass is 10.2. The number of nitriles is 1. The first-order valence-corrected chi connectivity index (χ1v) is 6.29. The van der Waals surface area contributed by atoms with Crippen LogP contribution in [0.3, 0.4) is 0 Å². The topological polar surface area (TPSA) is 82.0 Å². The monoisotopic (exact) mass is 261 g/mol. The molecule has 0 aliphatic carbocycles. The highest BCUT2D eigenvalue weighted by molar-refractivity contribution is 8.01. The summed E-state index contributed by atoms with van der Waals surface area (Å²) in [6, 6.07) is 9.28. The number of thioether (sulfide) groups is 1. The lowest BCUT2D eigenvalue weighted by molar-refractivity contribution is -0.123. The maximum atomic E-state index is 11.8. The number of carbonyl (C=O) groups excluding carboxylic acids is 2. The number of hydrogen-bond acceptors (Lipinski definition) is 4. The molecule has 2 N–H and O–H groups in total. The van der Waals surface area contributed by atoms with Crippen molar-refractivity contribution >= 4 is 29.3 Å². The van der Waals surface area contributed by atoms with E-state index >= 15 is 0 Å². The fourth-order valence-corrected chi connectivity index (χ4v) is 2.72. The van der Waals surface area contributed by atoms with Gasteiger partial charge in [0.15, 0.2) is 0 Å². The van der Waals surface area contributed by atoms with E-state index in [4.69, 9.17) is 5.26 Å². The van der Waals surface area contributed by atoms with E-state index in [0.717, 1.165) is 10.6 Å². The molecule has 0 unspecified atom stereocenters. The molecule has 1 aliphatic heterocycles. The number of nitrogens with one attached hydrogen (secondary N) is 2. The highest BCUT2D eigenvalue weighted by atomic mass is 32.2. The second kappa shape index (κ2) is 5.56. The Balaban J connectivity index is 2.02. The number of amides is 2. The van der Waals surface area contributed by atoms with Gasteiger partial charge in [-0.15, -0.1) is 11.8 Å². The molecule has 5 nitrogen and oxygen atoms in total. The average Bonchev–Trinajstić information content (AvgIpc) is 2.37. The summed E-state index contributed by atoms with van der Waals surface area (Å²) in [4.78, 5) is 24.2. The van der Waals surface area contributed by atoms with Crippen LogP contribution < -0.4 is 10.6 Å². The van der Waals surface area contributed by atoms with Gasteiger partial charge in [0.05, 0.1) is 17.0 Å². The summed E-state index contributed by atoms with van der Waals surface area (Å²) < 4.78 is 0. The molecule has 0 spiro atoms. The van der Waals surface area contributed by atoms with E-state index in [9.17, 15) is 9.59 Å². The molecule has 0 fully saturated rings. The lowest BCUT2D eigenvalue weighted by Gasteiger charge is -2.23. The van der Waals surface area contributed by atoms with Crippen molar-refractivity contribution in [2.75, 3.05) is 11.9 Å². The van der Waals surface area contributed by atoms with Crippen LogP contribution in [0.1, 0.15) is 6.42 Å². The summed E-state index contributed by atoms with van der Waals surface area (Å²) in [5, 5.41) is 13.1. The van der Waals surface area contributed by atoms with Gasteiger partial charge in [-0.25, -0.2) is 0 Å². The van der Waals surface area contributed by atoms with Crippen LogP contribution in [0.4, 0.5) is 5.69 Å². The predicted octanol–water partition coefficient (Wildman–Crippen LogP) is 1.13. The van der Waals surface area contributed by atoms with Gasteiger partial charge in [0.25, 0.3) is 0 Å². The van der Waals surface area contributed by atoms with E-state index in [1.807, 2.05) is 30.3 Å². The lowest BCUT2D eigenvalue weighted by Crippen LogP contribution is -2.34. The number of hydrogen-bond donors (Lipinski definition) is 2. The Hall–Kier alpha value is -2.00. The van der Waals surface area contributed by atoms with Crippen molar-refractivity contribution in [3.8, 4) is 6.07 Å². The van der Waals surface area contributed by atoms with Gasteiger partial charge in [-0.3, -0.25) is 9.59 Å². The molecule has 18 heavy (non-hydrogen) atoms. The summed E-state index contributed by atoms with van der Waals surface area (Å²) in [6.07, 6.45) is 0.0759. The molecule has 2 amide bonds. The molecule has 0 bridgehead atoms. The van der Waals surface area contributed by atoms with Gasteiger partial charge in [0.1, 0.15) is 6.54 Å². The van der Waals surface area contributed by atoms with Gasteiger partial charge in [0, 0.05) is 11.3 Å². The molecule has 6 heteroatoms. The van der Waals surface area contributed by atoms with Gasteiger partial charge in [-0.1, -0.05) is 12.1 Å². The fourth-order valence-electron chi connectivity index (χ4n) is 1.61. The molecule has 0 radical (unpaired) electrons. The maximum absolute atomic E-state index is 11.8. The Kier molecular flexibility index (Phi) is 3.85. The number of fused-ring (bicyclic) bond motifs is 1. The van der Waals surface area contributed by atoms with Crippen LogP contribution in [0.5, 0.6) is 0 Å². The third kappa shape index (κ3) is 2.81. The van der Waals surface area contributed by atoms with Gasteiger partial charge in [-0.05, 0) is 12.1 Å². The third-order valence-electron chi connectivity index (χ3n) is 2.44. The molecule has 1 heterocycles. The molecular weight excluding hydrogens is 250 g/mol. The quantitative estimate of drug-likeness (QED) is 0.799. The molecule has 1 aromatic carbocycles. The summed E-state index contributed by atoms with van der Waals surface area (Å²) in [5.41, 5.74) is 0.779. The van der Waals surface area contributed by atoms with Crippen molar-refractivity contribution in [2.24, 2.45) is 0 Å². The van der Waals surface area contributed by atoms with Gasteiger partial charge in [0.2, 0.25) is 11.8 Å². The smallest absolute Gasteiger partial charge is 0.238 e. The highest BCUT2D eigenvalue weighted by Gasteiger charge is 2.28. The van der Waals surface area contributed by atoms with Crippen molar-refractivity contribution in [1.29, 1.82) is 5.26 Å². The first kappa shape index (κ1) is 12.5. The fraction of sp³-hybridized carbons (Fsp3) is 0.250. The van der Waals surface area contributed by atoms with E-state index in [0.29, 0.717) is 0 Å². The van der Waals surface area contributed by atoms with Crippen LogP contribution >= 0.6 is 11.8 Å². The largest absolute Gasteiger partial charge is 0.343 e. The zero-order chi connectivity index (χ0) is 13.0. The van der Waals surface area contributed by atoms with Crippen molar-refractivity contribution in [2.45, 2.75) is 16.6 Å². The Bertz CT molecular complexity index is 524. The van der Waals surface area contributed by atoms with Crippen molar-refractivity contribution in [3.63, 3.8) is 0 Å². The first-order valence-electron chi connectivity index (χ1n) is 5.41. The Labute approximate surface area is 109 Å². The molecule has 0 saturated carbocycles. The van der Waals surface area contributed by atoms with Gasteiger partial charge < -0.3 is 10.6 Å². The maximum Gasteiger partial charge on any atom is 0.238 e. The second-order valence-electron chi connectivity index (χ2n) is 3.73. The minimum Gasteiger partial charge on any atom is -0.343 e. The van der Waals surface area contributed by atoms with Crippen LogP contribution in [-0.4, -0.2) is 23.6 Å². The third-order valence-corrected chi connectivity index (χ3v) is 3.72. The summed E-state index contributed by atoms with van der Waals surface area (Å²) in [5.74, 6) is -0.464. The summed E-state index contributed by atoms with van der Waals surface area (Å²) in [6.45, 7) is -0.0333.